The topological polar surface area (TPSA) is 110 Å². The Kier molecular flexibility index (Phi) is 6.03. The highest BCUT2D eigenvalue weighted by Crippen LogP contribution is 2.33. The zero-order valence-electron chi connectivity index (χ0n) is 17.2. The molecule has 34 heavy (non-hydrogen) atoms. The van der Waals surface area contributed by atoms with E-state index in [9.17, 15) is 26.9 Å². The van der Waals surface area contributed by atoms with Crippen molar-refractivity contribution >= 4 is 26.5 Å². The smallest absolute Gasteiger partial charge is 0.433 e. The van der Waals surface area contributed by atoms with Crippen molar-refractivity contribution in [2.75, 3.05) is 4.72 Å². The molecule has 0 unspecified atom stereocenters. The van der Waals surface area contributed by atoms with Gasteiger partial charge in [0.15, 0.2) is 5.13 Å². The number of halogens is 3. The molecule has 0 spiro atoms. The lowest BCUT2D eigenvalue weighted by molar-refractivity contribution is -0.143. The van der Waals surface area contributed by atoms with Crippen LogP contribution in [0.3, 0.4) is 0 Å². The van der Waals surface area contributed by atoms with Gasteiger partial charge < -0.3 is 4.74 Å². The summed E-state index contributed by atoms with van der Waals surface area (Å²) in [6.45, 7) is 0. The maximum atomic E-state index is 13.0. The van der Waals surface area contributed by atoms with Gasteiger partial charge in [0.05, 0.1) is 16.2 Å². The molecule has 0 atom stereocenters. The number of thiazole rings is 1. The Labute approximate surface area is 195 Å². The number of hydrogen-bond acceptors (Lipinski definition) is 7. The van der Waals surface area contributed by atoms with Gasteiger partial charge in [-0.15, -0.1) is 11.3 Å². The highest BCUT2D eigenvalue weighted by Gasteiger charge is 2.35. The number of ether oxygens (including phenoxy) is 1. The maximum Gasteiger partial charge on any atom is 0.433 e. The average molecular weight is 506 g/mol. The summed E-state index contributed by atoms with van der Waals surface area (Å²) in [5.41, 5.74) is -0.318. The lowest BCUT2D eigenvalue weighted by atomic mass is 10.1. The van der Waals surface area contributed by atoms with Crippen molar-refractivity contribution in [2.45, 2.75) is 11.1 Å². The number of nitrogens with one attached hydrogen (secondary N) is 1. The van der Waals surface area contributed by atoms with E-state index < -0.39 is 21.9 Å². The van der Waals surface area contributed by atoms with Crippen LogP contribution in [0.4, 0.5) is 18.3 Å². The summed E-state index contributed by atoms with van der Waals surface area (Å²) in [4.78, 5) is 3.73. The number of nitrogens with zero attached hydrogens (tertiary/aromatic N) is 4. The van der Waals surface area contributed by atoms with Crippen LogP contribution in [0, 0.1) is 11.3 Å². The number of sulfonamides is 1. The van der Waals surface area contributed by atoms with Crippen molar-refractivity contribution < 1.29 is 26.3 Å². The summed E-state index contributed by atoms with van der Waals surface area (Å²) in [6, 6.07) is 12.7. The number of aromatic nitrogens is 3. The fraction of sp³-hybridized carbons (Fsp3) is 0.0952. The summed E-state index contributed by atoms with van der Waals surface area (Å²) >= 11 is 1.11. The lowest BCUT2D eigenvalue weighted by Gasteiger charge is -2.10. The van der Waals surface area contributed by atoms with Gasteiger partial charge in [0.2, 0.25) is 0 Å². The molecule has 4 aromatic rings. The zero-order valence-corrected chi connectivity index (χ0v) is 18.9. The van der Waals surface area contributed by atoms with Gasteiger partial charge in [-0.25, -0.2) is 13.4 Å². The molecule has 13 heteroatoms. The molecule has 174 valence electrons. The normalized spacial score (nSPS) is 11.7. The largest absolute Gasteiger partial charge is 0.456 e. The van der Waals surface area contributed by atoms with Crippen LogP contribution in [-0.2, 0) is 23.2 Å². The second-order valence-corrected chi connectivity index (χ2v) is 9.45. The molecule has 0 amide bonds. The highest BCUT2D eigenvalue weighted by molar-refractivity contribution is 7.93. The van der Waals surface area contributed by atoms with E-state index in [2.05, 4.69) is 14.8 Å². The molecule has 8 nitrogen and oxygen atoms in total. The minimum atomic E-state index is -4.52. The molecule has 4 rings (SSSR count). The third kappa shape index (κ3) is 4.87. The summed E-state index contributed by atoms with van der Waals surface area (Å²) in [5.74, 6) is 0.407. The Morgan fingerprint density at radius 2 is 1.88 bits per heavy atom. The molecule has 0 aliphatic heterocycles. The minimum Gasteiger partial charge on any atom is -0.456 e. The summed E-state index contributed by atoms with van der Waals surface area (Å²) in [7, 11) is -2.74. The first kappa shape index (κ1) is 23.3. The molecule has 0 aliphatic carbocycles. The zero-order chi connectivity index (χ0) is 24.5. The highest BCUT2D eigenvalue weighted by atomic mass is 32.2. The van der Waals surface area contributed by atoms with E-state index in [4.69, 9.17) is 4.74 Å². The third-order valence-corrected chi connectivity index (χ3v) is 6.74. The van der Waals surface area contributed by atoms with Gasteiger partial charge in [-0.05, 0) is 48.5 Å². The number of nitriles is 1. The van der Waals surface area contributed by atoms with Gasteiger partial charge in [0.25, 0.3) is 10.0 Å². The van der Waals surface area contributed by atoms with Crippen molar-refractivity contribution in [3.8, 4) is 28.8 Å². The second-order valence-electron chi connectivity index (χ2n) is 6.88. The van der Waals surface area contributed by atoms with Crippen LogP contribution in [0.1, 0.15) is 11.3 Å². The minimum absolute atomic E-state index is 0.0226. The number of benzene rings is 2. The van der Waals surface area contributed by atoms with Crippen LogP contribution < -0.4 is 9.46 Å². The first-order valence-electron chi connectivity index (χ1n) is 9.43. The van der Waals surface area contributed by atoms with E-state index in [1.54, 1.807) is 5.38 Å². The molecule has 0 fully saturated rings. The van der Waals surface area contributed by atoms with Crippen LogP contribution >= 0.6 is 11.3 Å². The number of hydrogen-bond donors (Lipinski definition) is 1. The molecule has 0 saturated carbocycles. The fourth-order valence-electron chi connectivity index (χ4n) is 2.99. The number of alkyl halides is 3. The van der Waals surface area contributed by atoms with Gasteiger partial charge in [0, 0.05) is 24.2 Å². The third-order valence-electron chi connectivity index (χ3n) is 4.58. The molecular weight excluding hydrogens is 491 g/mol. The number of anilines is 1. The van der Waals surface area contributed by atoms with Crippen LogP contribution in [0.25, 0.3) is 11.3 Å². The Morgan fingerprint density at radius 1 is 1.15 bits per heavy atom. The standard InChI is InChI=1S/C21H14F3N5O3S2/c1-29-19(21(22,23)24)11-17(27-29)13-2-4-15(5-3-13)32-18-7-6-16(10-14(18)12-25)34(30,31)28-20-26-8-9-33-20/h2-11H,1H3,(H,26,28). The Hall–Kier alpha value is -3.89. The predicted molar refractivity (Wildman–Crippen MR) is 118 cm³/mol. The van der Waals surface area contributed by atoms with E-state index in [1.165, 1.54) is 55.7 Å². The quantitative estimate of drug-likeness (QED) is 0.394. The van der Waals surface area contributed by atoms with Crippen molar-refractivity contribution in [3.05, 3.63) is 71.4 Å². The molecule has 0 aliphatic rings. The Morgan fingerprint density at radius 3 is 2.47 bits per heavy atom. The first-order valence-corrected chi connectivity index (χ1v) is 11.8. The van der Waals surface area contributed by atoms with Crippen molar-refractivity contribution in [2.24, 2.45) is 7.05 Å². The summed E-state index contributed by atoms with van der Waals surface area (Å²) in [5, 5.41) is 15.2. The van der Waals surface area contributed by atoms with E-state index in [0.29, 0.717) is 11.3 Å². The SMILES string of the molecule is Cn1nc(-c2ccc(Oc3ccc(S(=O)(=O)Nc4nccs4)cc3C#N)cc2)cc1C(F)(F)F. The number of rotatable bonds is 6. The molecular formula is C21H14F3N5O3S2. The molecule has 1 N–H and O–H groups in total. The molecule has 0 radical (unpaired) electrons. The molecule has 0 bridgehead atoms. The Bertz CT molecular complexity index is 1470. The van der Waals surface area contributed by atoms with Crippen molar-refractivity contribution in [3.63, 3.8) is 0 Å². The summed E-state index contributed by atoms with van der Waals surface area (Å²) < 4.78 is 72.8. The second kappa shape index (κ2) is 8.81. The molecule has 2 aromatic carbocycles. The van der Waals surface area contributed by atoms with E-state index in [0.717, 1.165) is 22.1 Å². The van der Waals surface area contributed by atoms with Crippen LogP contribution in [0.5, 0.6) is 11.5 Å². The molecule has 2 aromatic heterocycles. The maximum absolute atomic E-state index is 13.0. The van der Waals surface area contributed by atoms with Gasteiger partial charge in [-0.3, -0.25) is 9.40 Å². The lowest BCUT2D eigenvalue weighted by Crippen LogP contribution is -2.13. The van der Waals surface area contributed by atoms with Crippen LogP contribution in [0.2, 0.25) is 0 Å². The summed E-state index contributed by atoms with van der Waals surface area (Å²) in [6.07, 6.45) is -3.07. The van der Waals surface area contributed by atoms with Gasteiger partial charge in [0.1, 0.15) is 23.3 Å². The average Bonchev–Trinajstić information content (AvgIpc) is 3.43. The van der Waals surface area contributed by atoms with Gasteiger partial charge >= 0.3 is 6.18 Å². The first-order chi connectivity index (χ1) is 16.1. The van der Waals surface area contributed by atoms with Crippen LogP contribution in [-0.4, -0.2) is 23.2 Å². The van der Waals surface area contributed by atoms with Crippen LogP contribution in [0.15, 0.2) is 65.0 Å². The molecule has 0 saturated heterocycles. The van der Waals surface area contributed by atoms with Gasteiger partial charge in [-0.2, -0.15) is 23.5 Å². The van der Waals surface area contributed by atoms with E-state index >= 15 is 0 Å². The van der Waals surface area contributed by atoms with Crippen molar-refractivity contribution in [1.82, 2.24) is 14.8 Å². The van der Waals surface area contributed by atoms with Crippen molar-refractivity contribution in [1.29, 1.82) is 5.26 Å². The molecule has 2 heterocycles. The predicted octanol–water partition coefficient (Wildman–Crippen LogP) is 5.03. The fourth-order valence-corrected chi connectivity index (χ4v) is 4.81. The Balaban J connectivity index is 1.54. The number of aryl methyl sites for hydroxylation is 1. The monoisotopic (exact) mass is 505 g/mol. The van der Waals surface area contributed by atoms with E-state index in [-0.39, 0.29) is 27.0 Å². The van der Waals surface area contributed by atoms with Gasteiger partial charge in [-0.1, -0.05) is 0 Å². The van der Waals surface area contributed by atoms with E-state index in [1.807, 2.05) is 6.07 Å².